The van der Waals surface area contributed by atoms with Gasteiger partial charge in [0, 0.05) is 12.4 Å². The lowest BCUT2D eigenvalue weighted by atomic mass is 10.1. The minimum absolute atomic E-state index is 0.0916. The minimum atomic E-state index is 0.0916. The zero-order chi connectivity index (χ0) is 24.6. The van der Waals surface area contributed by atoms with Gasteiger partial charge in [-0.15, -0.1) is 0 Å². The first-order valence-electron chi connectivity index (χ1n) is 11.2. The van der Waals surface area contributed by atoms with Crippen LogP contribution >= 0.6 is 0 Å². The Morgan fingerprint density at radius 3 is 1.71 bits per heavy atom. The summed E-state index contributed by atoms with van der Waals surface area (Å²) in [4.78, 5) is 8.96. The summed E-state index contributed by atoms with van der Waals surface area (Å²) < 4.78 is 11.0. The Morgan fingerprint density at radius 1 is 0.686 bits per heavy atom. The summed E-state index contributed by atoms with van der Waals surface area (Å²) in [5.41, 5.74) is 4.23. The molecule has 0 heterocycles. The van der Waals surface area contributed by atoms with E-state index in [-0.39, 0.29) is 5.75 Å². The summed E-state index contributed by atoms with van der Waals surface area (Å²) in [6.07, 6.45) is 4.25. The summed E-state index contributed by atoms with van der Waals surface area (Å²) in [7, 11) is 1.51. The van der Waals surface area contributed by atoms with Crippen LogP contribution in [-0.4, -0.2) is 29.8 Å². The summed E-state index contributed by atoms with van der Waals surface area (Å²) in [5, 5.41) is 19.5. The maximum absolute atomic E-state index is 9.81. The lowest BCUT2D eigenvalue weighted by molar-refractivity contribution is 0.373. The second kappa shape index (κ2) is 11.0. The molecule has 2 N–H and O–H groups in total. The lowest BCUT2D eigenvalue weighted by Crippen LogP contribution is -1.87. The molecular formula is C29H26N2O4. The second-order valence-electron chi connectivity index (χ2n) is 7.78. The van der Waals surface area contributed by atoms with Crippen LogP contribution in [0.5, 0.6) is 28.7 Å². The highest BCUT2D eigenvalue weighted by atomic mass is 16.5. The van der Waals surface area contributed by atoms with Gasteiger partial charge in [-0.25, -0.2) is 0 Å². The fraction of sp³-hybridized carbons (Fsp3) is 0.103. The van der Waals surface area contributed by atoms with Crippen molar-refractivity contribution in [2.24, 2.45) is 9.98 Å². The number of aryl methyl sites for hydroxylation is 1. The first-order chi connectivity index (χ1) is 17.0. The van der Waals surface area contributed by atoms with Gasteiger partial charge in [0.25, 0.3) is 0 Å². The molecule has 176 valence electrons. The fourth-order valence-electron chi connectivity index (χ4n) is 3.38. The van der Waals surface area contributed by atoms with Gasteiger partial charge in [-0.3, -0.25) is 9.98 Å². The fourth-order valence-corrected chi connectivity index (χ4v) is 3.38. The first-order valence-corrected chi connectivity index (χ1v) is 11.2. The Kier molecular flexibility index (Phi) is 7.43. The molecule has 6 nitrogen and oxygen atoms in total. The number of hydrogen-bond acceptors (Lipinski definition) is 6. The van der Waals surface area contributed by atoms with E-state index in [0.717, 1.165) is 34.5 Å². The molecular weight excluding hydrogens is 440 g/mol. The summed E-state index contributed by atoms with van der Waals surface area (Å²) in [5.74, 6) is 2.20. The van der Waals surface area contributed by atoms with Gasteiger partial charge in [-0.1, -0.05) is 6.92 Å². The van der Waals surface area contributed by atoms with Crippen LogP contribution in [0.3, 0.4) is 0 Å². The van der Waals surface area contributed by atoms with Gasteiger partial charge in [0.1, 0.15) is 17.2 Å². The van der Waals surface area contributed by atoms with Crippen molar-refractivity contribution in [3.8, 4) is 28.7 Å². The molecule has 0 aliphatic heterocycles. The molecule has 0 aliphatic carbocycles. The van der Waals surface area contributed by atoms with E-state index in [0.29, 0.717) is 23.0 Å². The van der Waals surface area contributed by atoms with E-state index >= 15 is 0 Å². The van der Waals surface area contributed by atoms with Crippen LogP contribution in [0, 0.1) is 0 Å². The van der Waals surface area contributed by atoms with Crippen LogP contribution < -0.4 is 9.47 Å². The molecule has 0 saturated carbocycles. The van der Waals surface area contributed by atoms with E-state index in [4.69, 9.17) is 9.47 Å². The molecule has 0 spiro atoms. The van der Waals surface area contributed by atoms with Crippen LogP contribution in [-0.2, 0) is 6.42 Å². The number of phenolic OH excluding ortho intramolecular Hbond substituents is 2. The van der Waals surface area contributed by atoms with Crippen molar-refractivity contribution in [1.82, 2.24) is 0 Å². The molecule has 0 fully saturated rings. The Balaban J connectivity index is 1.36. The molecule has 4 aromatic rings. The Bertz CT molecular complexity index is 1240. The Labute approximate surface area is 204 Å². The van der Waals surface area contributed by atoms with Crippen molar-refractivity contribution in [1.29, 1.82) is 0 Å². The van der Waals surface area contributed by atoms with Crippen LogP contribution in [0.4, 0.5) is 11.4 Å². The largest absolute Gasteiger partial charge is 0.508 e. The normalized spacial score (nSPS) is 11.3. The highest BCUT2D eigenvalue weighted by molar-refractivity contribution is 5.83. The molecule has 4 rings (SSSR count). The van der Waals surface area contributed by atoms with E-state index < -0.39 is 0 Å². The predicted octanol–water partition coefficient (Wildman–Crippen LogP) is 6.96. The van der Waals surface area contributed by atoms with Gasteiger partial charge in [0.2, 0.25) is 0 Å². The van der Waals surface area contributed by atoms with Gasteiger partial charge < -0.3 is 19.7 Å². The maximum atomic E-state index is 9.81. The number of aliphatic imine (C=N–C) groups is 2. The molecule has 0 radical (unpaired) electrons. The molecule has 0 bridgehead atoms. The van der Waals surface area contributed by atoms with E-state index in [9.17, 15) is 10.2 Å². The number of nitrogens with zero attached hydrogens (tertiary/aromatic N) is 2. The van der Waals surface area contributed by atoms with Gasteiger partial charge in [-0.05, 0) is 108 Å². The standard InChI is InChI=1S/C29H26N2O4/c1-3-22-16-20(4-14-27(22)32)18-30-23-6-10-25(11-7-23)35-26-12-8-24(9-13-26)31-19-21-5-15-28(33)29(17-21)34-2/h4-19,32-33H,3H2,1-2H3. The number of ether oxygens (including phenoxy) is 2. The third-order valence-electron chi connectivity index (χ3n) is 5.32. The highest BCUT2D eigenvalue weighted by Crippen LogP contribution is 2.28. The number of phenols is 2. The Hall–Kier alpha value is -4.58. The average Bonchev–Trinajstić information content (AvgIpc) is 2.89. The Morgan fingerprint density at radius 2 is 1.20 bits per heavy atom. The topological polar surface area (TPSA) is 83.6 Å². The van der Waals surface area contributed by atoms with Gasteiger partial charge in [-0.2, -0.15) is 0 Å². The molecule has 0 atom stereocenters. The SMILES string of the molecule is CCc1cc(C=Nc2ccc(Oc3ccc(N=Cc4ccc(O)c(OC)c4)cc3)cc2)ccc1O. The van der Waals surface area contributed by atoms with Crippen LogP contribution in [0.15, 0.2) is 94.9 Å². The van der Waals surface area contributed by atoms with Crippen LogP contribution in [0.2, 0.25) is 0 Å². The molecule has 0 amide bonds. The molecule has 0 saturated heterocycles. The third-order valence-corrected chi connectivity index (χ3v) is 5.32. The van der Waals surface area contributed by atoms with Crippen molar-refractivity contribution in [3.05, 3.63) is 102 Å². The smallest absolute Gasteiger partial charge is 0.161 e. The molecule has 4 aromatic carbocycles. The van der Waals surface area contributed by atoms with E-state index in [1.165, 1.54) is 7.11 Å². The zero-order valence-corrected chi connectivity index (χ0v) is 19.6. The average molecular weight is 467 g/mol. The number of aromatic hydroxyl groups is 2. The number of hydrogen-bond donors (Lipinski definition) is 2. The van der Waals surface area contributed by atoms with Crippen molar-refractivity contribution in [2.45, 2.75) is 13.3 Å². The van der Waals surface area contributed by atoms with Crippen LogP contribution in [0.1, 0.15) is 23.6 Å². The molecule has 0 aliphatic rings. The van der Waals surface area contributed by atoms with Crippen molar-refractivity contribution in [2.75, 3.05) is 7.11 Å². The predicted molar refractivity (Wildman–Crippen MR) is 140 cm³/mol. The lowest BCUT2D eigenvalue weighted by Gasteiger charge is -2.06. The zero-order valence-electron chi connectivity index (χ0n) is 19.6. The van der Waals surface area contributed by atoms with Crippen molar-refractivity contribution < 1.29 is 19.7 Å². The second-order valence-corrected chi connectivity index (χ2v) is 7.78. The molecule has 35 heavy (non-hydrogen) atoms. The van der Waals surface area contributed by atoms with Gasteiger partial charge in [0.15, 0.2) is 11.5 Å². The molecule has 0 unspecified atom stereocenters. The maximum Gasteiger partial charge on any atom is 0.161 e. The van der Waals surface area contributed by atoms with E-state index in [1.54, 1.807) is 36.7 Å². The van der Waals surface area contributed by atoms with Gasteiger partial charge >= 0.3 is 0 Å². The number of benzene rings is 4. The summed E-state index contributed by atoms with van der Waals surface area (Å²) >= 11 is 0. The quantitative estimate of drug-likeness (QED) is 0.275. The summed E-state index contributed by atoms with van der Waals surface area (Å²) in [6.45, 7) is 2.00. The summed E-state index contributed by atoms with van der Waals surface area (Å²) in [6, 6.07) is 25.5. The molecule has 0 aromatic heterocycles. The minimum Gasteiger partial charge on any atom is -0.508 e. The monoisotopic (exact) mass is 466 g/mol. The number of rotatable bonds is 8. The third kappa shape index (κ3) is 6.26. The number of methoxy groups -OCH3 is 1. The first kappa shape index (κ1) is 23.6. The van der Waals surface area contributed by atoms with Crippen molar-refractivity contribution >= 4 is 23.8 Å². The van der Waals surface area contributed by atoms with Gasteiger partial charge in [0.05, 0.1) is 18.5 Å². The van der Waals surface area contributed by atoms with E-state index in [2.05, 4.69) is 9.98 Å². The molecule has 6 heteroatoms. The van der Waals surface area contributed by atoms with Crippen LogP contribution in [0.25, 0.3) is 0 Å². The highest BCUT2D eigenvalue weighted by Gasteiger charge is 2.02. The van der Waals surface area contributed by atoms with Crippen molar-refractivity contribution in [3.63, 3.8) is 0 Å². The van der Waals surface area contributed by atoms with E-state index in [1.807, 2.05) is 67.6 Å².